The first kappa shape index (κ1) is 19.2. The molecule has 158 valence electrons. The summed E-state index contributed by atoms with van der Waals surface area (Å²) in [6.07, 6.45) is 0. The zero-order chi connectivity index (χ0) is 22.1. The molecule has 4 aromatic carbocycles. The monoisotopic (exact) mass is 417 g/mol. The van der Waals surface area contributed by atoms with E-state index in [-0.39, 0.29) is 10.8 Å². The Bertz CT molecular complexity index is 1500. The number of anilines is 2. The third-order valence-corrected chi connectivity index (χ3v) is 7.32. The number of nitrogens with one attached hydrogen (secondary N) is 1. The van der Waals surface area contributed by atoms with Crippen LogP contribution in [0.1, 0.15) is 49.9 Å². The molecule has 0 aliphatic heterocycles. The van der Waals surface area contributed by atoms with E-state index in [1.54, 1.807) is 0 Å². The van der Waals surface area contributed by atoms with Crippen molar-refractivity contribution >= 4 is 33.3 Å². The third kappa shape index (κ3) is 2.59. The Kier molecular flexibility index (Phi) is 3.89. The van der Waals surface area contributed by atoms with Gasteiger partial charge in [-0.2, -0.15) is 0 Å². The summed E-state index contributed by atoms with van der Waals surface area (Å²) < 4.78 is 6.23. The van der Waals surface area contributed by atoms with Crippen LogP contribution in [-0.4, -0.2) is 0 Å². The lowest BCUT2D eigenvalue weighted by atomic mass is 9.60. The third-order valence-electron chi connectivity index (χ3n) is 7.32. The van der Waals surface area contributed by atoms with Crippen LogP contribution in [0.4, 0.5) is 11.4 Å². The van der Waals surface area contributed by atoms with Crippen LogP contribution in [0.3, 0.4) is 0 Å². The van der Waals surface area contributed by atoms with Crippen molar-refractivity contribution in [3.63, 3.8) is 0 Å². The lowest BCUT2D eigenvalue weighted by Gasteiger charge is -2.44. The Hall–Kier alpha value is -3.52. The molecule has 1 N–H and O–H groups in total. The predicted molar refractivity (Wildman–Crippen MR) is 134 cm³/mol. The molecule has 0 saturated carbocycles. The van der Waals surface area contributed by atoms with Gasteiger partial charge in [0.25, 0.3) is 0 Å². The van der Waals surface area contributed by atoms with Gasteiger partial charge in [0.1, 0.15) is 5.58 Å². The van der Waals surface area contributed by atoms with Crippen LogP contribution in [-0.2, 0) is 10.8 Å². The first-order valence-electron chi connectivity index (χ1n) is 11.3. The number of para-hydroxylation sites is 2. The topological polar surface area (TPSA) is 25.2 Å². The largest absolute Gasteiger partial charge is 0.454 e. The van der Waals surface area contributed by atoms with Crippen molar-refractivity contribution in [1.82, 2.24) is 0 Å². The molecular formula is C30H27NO. The number of fused-ring (bicyclic) bond motifs is 5. The smallest absolute Gasteiger partial charge is 0.158 e. The summed E-state index contributed by atoms with van der Waals surface area (Å²) in [6, 6.07) is 30.2. The van der Waals surface area contributed by atoms with E-state index in [0.717, 1.165) is 33.3 Å². The Morgan fingerprint density at radius 3 is 2.00 bits per heavy atom. The van der Waals surface area contributed by atoms with E-state index in [2.05, 4.69) is 106 Å². The molecule has 0 spiro atoms. The van der Waals surface area contributed by atoms with Crippen LogP contribution in [0.15, 0.2) is 89.3 Å². The van der Waals surface area contributed by atoms with E-state index in [9.17, 15) is 0 Å². The van der Waals surface area contributed by atoms with Gasteiger partial charge in [-0.25, -0.2) is 0 Å². The van der Waals surface area contributed by atoms with Gasteiger partial charge in [0, 0.05) is 27.3 Å². The highest BCUT2D eigenvalue weighted by molar-refractivity contribution is 6.09. The van der Waals surface area contributed by atoms with Gasteiger partial charge >= 0.3 is 0 Å². The van der Waals surface area contributed by atoms with Gasteiger partial charge in [0.05, 0.1) is 5.69 Å². The number of furan rings is 1. The summed E-state index contributed by atoms with van der Waals surface area (Å²) in [7, 11) is 0. The van der Waals surface area contributed by atoms with Crippen LogP contribution in [0.25, 0.3) is 21.9 Å². The maximum absolute atomic E-state index is 6.23. The molecule has 5 aromatic rings. The maximum atomic E-state index is 6.23. The quantitative estimate of drug-likeness (QED) is 0.312. The van der Waals surface area contributed by atoms with E-state index in [1.807, 2.05) is 12.1 Å². The molecule has 0 atom stereocenters. The fourth-order valence-corrected chi connectivity index (χ4v) is 5.55. The number of rotatable bonds is 2. The molecule has 1 aromatic heterocycles. The standard InChI is InChI=1S/C30H27NO/c1-29(2)22-12-6-7-13-23(22)30(3,4)25-18-19(16-17-24(25)29)31-26-14-9-11-21-20-10-5-8-15-27(20)32-28(21)26/h5-18,31H,1-4H3. The zero-order valence-electron chi connectivity index (χ0n) is 19.0. The fraction of sp³-hybridized carbons (Fsp3) is 0.200. The normalized spacial score (nSPS) is 16.0. The van der Waals surface area contributed by atoms with E-state index in [0.29, 0.717) is 0 Å². The zero-order valence-corrected chi connectivity index (χ0v) is 19.0. The van der Waals surface area contributed by atoms with E-state index >= 15 is 0 Å². The van der Waals surface area contributed by atoms with E-state index in [1.165, 1.54) is 22.3 Å². The summed E-state index contributed by atoms with van der Waals surface area (Å²) in [4.78, 5) is 0. The van der Waals surface area contributed by atoms with Gasteiger partial charge in [-0.05, 0) is 46.5 Å². The van der Waals surface area contributed by atoms with Gasteiger partial charge in [-0.15, -0.1) is 0 Å². The van der Waals surface area contributed by atoms with Crippen molar-refractivity contribution in [2.45, 2.75) is 38.5 Å². The Morgan fingerprint density at radius 2 is 1.22 bits per heavy atom. The number of benzene rings is 4. The van der Waals surface area contributed by atoms with Gasteiger partial charge in [0.15, 0.2) is 5.58 Å². The molecule has 6 rings (SSSR count). The molecular weight excluding hydrogens is 390 g/mol. The molecule has 2 heteroatoms. The molecule has 0 radical (unpaired) electrons. The molecule has 0 unspecified atom stereocenters. The second kappa shape index (κ2) is 6.49. The minimum Gasteiger partial charge on any atom is -0.454 e. The van der Waals surface area contributed by atoms with Gasteiger partial charge in [-0.1, -0.05) is 88.4 Å². The molecule has 2 nitrogen and oxygen atoms in total. The Balaban J connectivity index is 1.48. The summed E-state index contributed by atoms with van der Waals surface area (Å²) in [5.41, 5.74) is 9.41. The van der Waals surface area contributed by atoms with E-state index < -0.39 is 0 Å². The first-order chi connectivity index (χ1) is 15.4. The van der Waals surface area contributed by atoms with Crippen LogP contribution in [0, 0.1) is 0 Å². The van der Waals surface area contributed by atoms with Crippen molar-refractivity contribution in [2.75, 3.05) is 5.32 Å². The molecule has 32 heavy (non-hydrogen) atoms. The minimum absolute atomic E-state index is 0.0290. The minimum atomic E-state index is -0.0650. The summed E-state index contributed by atoms with van der Waals surface area (Å²) in [5.74, 6) is 0. The average molecular weight is 418 g/mol. The number of hydrogen-bond acceptors (Lipinski definition) is 2. The van der Waals surface area contributed by atoms with Crippen LogP contribution in [0.5, 0.6) is 0 Å². The van der Waals surface area contributed by atoms with Crippen molar-refractivity contribution < 1.29 is 4.42 Å². The molecule has 0 fully saturated rings. The Morgan fingerprint density at radius 1 is 0.594 bits per heavy atom. The van der Waals surface area contributed by atoms with Crippen molar-refractivity contribution in [1.29, 1.82) is 0 Å². The van der Waals surface area contributed by atoms with Crippen LogP contribution < -0.4 is 5.32 Å². The van der Waals surface area contributed by atoms with Crippen LogP contribution >= 0.6 is 0 Å². The fourth-order valence-electron chi connectivity index (χ4n) is 5.55. The summed E-state index contributed by atoms with van der Waals surface area (Å²) in [5, 5.41) is 5.94. The maximum Gasteiger partial charge on any atom is 0.158 e. The lowest BCUT2D eigenvalue weighted by Crippen LogP contribution is -2.36. The second-order valence-corrected chi connectivity index (χ2v) is 9.96. The molecule has 0 amide bonds. The van der Waals surface area contributed by atoms with Gasteiger partial charge < -0.3 is 9.73 Å². The molecule has 1 heterocycles. The highest BCUT2D eigenvalue weighted by atomic mass is 16.3. The predicted octanol–water partition coefficient (Wildman–Crippen LogP) is 8.29. The van der Waals surface area contributed by atoms with Gasteiger partial charge in [-0.3, -0.25) is 0 Å². The Labute approximate surface area is 188 Å². The molecule has 1 aliphatic rings. The molecule has 0 bridgehead atoms. The first-order valence-corrected chi connectivity index (χ1v) is 11.3. The van der Waals surface area contributed by atoms with Crippen LogP contribution in [0.2, 0.25) is 0 Å². The van der Waals surface area contributed by atoms with Crippen molar-refractivity contribution in [3.05, 3.63) is 107 Å². The summed E-state index contributed by atoms with van der Waals surface area (Å²) >= 11 is 0. The average Bonchev–Trinajstić information content (AvgIpc) is 3.18. The molecule has 1 aliphatic carbocycles. The highest BCUT2D eigenvalue weighted by Crippen LogP contribution is 2.50. The van der Waals surface area contributed by atoms with Gasteiger partial charge in [0.2, 0.25) is 0 Å². The number of hydrogen-bond donors (Lipinski definition) is 1. The van der Waals surface area contributed by atoms with E-state index in [4.69, 9.17) is 4.42 Å². The van der Waals surface area contributed by atoms with Crippen molar-refractivity contribution in [2.24, 2.45) is 0 Å². The second-order valence-electron chi connectivity index (χ2n) is 9.96. The van der Waals surface area contributed by atoms with Crippen molar-refractivity contribution in [3.8, 4) is 0 Å². The summed E-state index contributed by atoms with van der Waals surface area (Å²) in [6.45, 7) is 9.34. The molecule has 0 saturated heterocycles. The lowest BCUT2D eigenvalue weighted by molar-refractivity contribution is 0.521. The SMILES string of the molecule is CC1(C)c2ccccc2C(C)(C)c2cc(Nc3cccc4c3oc3ccccc34)ccc21. The highest BCUT2D eigenvalue weighted by Gasteiger charge is 2.41.